The molecule has 2 N–H and O–H groups in total. The number of methoxy groups -OCH3 is 1. The molecular formula is C15H29N3O2. The van der Waals surface area contributed by atoms with Crippen LogP contribution in [0.2, 0.25) is 0 Å². The monoisotopic (exact) mass is 283 g/mol. The molecule has 116 valence electrons. The van der Waals surface area contributed by atoms with E-state index < -0.39 is 5.54 Å². The van der Waals surface area contributed by atoms with Crippen LogP contribution in [0.1, 0.15) is 34.1 Å². The topological polar surface area (TPSA) is 53.6 Å². The van der Waals surface area contributed by atoms with Gasteiger partial charge in [-0.3, -0.25) is 9.69 Å². The quantitative estimate of drug-likeness (QED) is 0.793. The molecule has 2 fully saturated rings. The van der Waals surface area contributed by atoms with E-state index in [9.17, 15) is 4.79 Å². The van der Waals surface area contributed by atoms with Crippen LogP contribution in [0.5, 0.6) is 0 Å². The second kappa shape index (κ2) is 5.62. The number of rotatable bonds is 4. The van der Waals surface area contributed by atoms with Gasteiger partial charge in [-0.05, 0) is 20.3 Å². The molecule has 1 aliphatic heterocycles. The summed E-state index contributed by atoms with van der Waals surface area (Å²) < 4.78 is 5.45. The largest absolute Gasteiger partial charge is 0.381 e. The van der Waals surface area contributed by atoms with Gasteiger partial charge in [0.25, 0.3) is 0 Å². The lowest BCUT2D eigenvalue weighted by Crippen LogP contribution is -2.67. The maximum atomic E-state index is 12.6. The van der Waals surface area contributed by atoms with Gasteiger partial charge in [-0.2, -0.15) is 0 Å². The summed E-state index contributed by atoms with van der Waals surface area (Å²) in [5.41, 5.74) is -0.430. The fourth-order valence-electron chi connectivity index (χ4n) is 3.23. The van der Waals surface area contributed by atoms with E-state index in [1.807, 2.05) is 13.8 Å². The molecule has 2 rings (SSSR count). The first-order chi connectivity index (χ1) is 9.30. The van der Waals surface area contributed by atoms with E-state index in [1.54, 1.807) is 7.11 Å². The van der Waals surface area contributed by atoms with Crippen LogP contribution < -0.4 is 10.6 Å². The second-order valence-electron chi connectivity index (χ2n) is 7.10. The van der Waals surface area contributed by atoms with Crippen molar-refractivity contribution in [2.24, 2.45) is 5.41 Å². The number of nitrogens with zero attached hydrogens (tertiary/aromatic N) is 1. The maximum absolute atomic E-state index is 12.6. The van der Waals surface area contributed by atoms with E-state index in [-0.39, 0.29) is 23.5 Å². The maximum Gasteiger partial charge on any atom is 0.240 e. The zero-order chi connectivity index (χ0) is 15.0. The molecule has 0 spiro atoms. The first-order valence-electron chi connectivity index (χ1n) is 7.59. The highest BCUT2D eigenvalue weighted by Crippen LogP contribution is 2.42. The lowest BCUT2D eigenvalue weighted by atomic mass is 9.64. The summed E-state index contributed by atoms with van der Waals surface area (Å²) in [5.74, 6) is 0.132. The van der Waals surface area contributed by atoms with Crippen LogP contribution in [0.3, 0.4) is 0 Å². The van der Waals surface area contributed by atoms with Crippen molar-refractivity contribution in [2.45, 2.75) is 51.8 Å². The van der Waals surface area contributed by atoms with E-state index in [1.165, 1.54) is 0 Å². The zero-order valence-electron chi connectivity index (χ0n) is 13.5. The molecule has 1 saturated heterocycles. The summed E-state index contributed by atoms with van der Waals surface area (Å²) in [7, 11) is 1.75. The fourth-order valence-corrected chi connectivity index (χ4v) is 3.23. The van der Waals surface area contributed by atoms with E-state index in [0.717, 1.165) is 32.6 Å². The number of amides is 1. The molecule has 5 heteroatoms. The SMILES string of the molecule is COC1CC(NC(=O)C(C)(C)N2CCNCC2)C1(C)C. The van der Waals surface area contributed by atoms with Crippen LogP contribution in [0.25, 0.3) is 0 Å². The lowest BCUT2D eigenvalue weighted by Gasteiger charge is -2.52. The minimum absolute atomic E-state index is 0.0178. The highest BCUT2D eigenvalue weighted by atomic mass is 16.5. The third-order valence-corrected chi connectivity index (χ3v) is 5.23. The van der Waals surface area contributed by atoms with Crippen molar-refractivity contribution < 1.29 is 9.53 Å². The number of carbonyl (C=O) groups excluding carboxylic acids is 1. The Morgan fingerprint density at radius 2 is 1.95 bits per heavy atom. The molecule has 1 amide bonds. The molecule has 2 aliphatic rings. The molecule has 0 aromatic rings. The van der Waals surface area contributed by atoms with Crippen LogP contribution in [0.4, 0.5) is 0 Å². The van der Waals surface area contributed by atoms with E-state index in [2.05, 4.69) is 29.4 Å². The molecule has 0 aromatic carbocycles. The number of nitrogens with one attached hydrogen (secondary N) is 2. The summed E-state index contributed by atoms with van der Waals surface area (Å²) in [6.45, 7) is 12.1. The number of hydrogen-bond donors (Lipinski definition) is 2. The van der Waals surface area contributed by atoms with Crippen molar-refractivity contribution in [1.82, 2.24) is 15.5 Å². The molecule has 1 saturated carbocycles. The molecule has 2 atom stereocenters. The van der Waals surface area contributed by atoms with Crippen LogP contribution in [-0.4, -0.2) is 61.8 Å². The molecule has 20 heavy (non-hydrogen) atoms. The Labute approximate surface area is 122 Å². The Balaban J connectivity index is 1.94. The minimum atomic E-state index is -0.448. The Bertz CT molecular complexity index is 362. The minimum Gasteiger partial charge on any atom is -0.381 e. The van der Waals surface area contributed by atoms with Crippen molar-refractivity contribution in [1.29, 1.82) is 0 Å². The first-order valence-corrected chi connectivity index (χ1v) is 7.59. The van der Waals surface area contributed by atoms with Crippen molar-refractivity contribution >= 4 is 5.91 Å². The van der Waals surface area contributed by atoms with Gasteiger partial charge in [-0.25, -0.2) is 0 Å². The predicted molar refractivity (Wildman–Crippen MR) is 79.6 cm³/mol. The third kappa shape index (κ3) is 2.71. The van der Waals surface area contributed by atoms with Gasteiger partial charge in [0.05, 0.1) is 11.6 Å². The summed E-state index contributed by atoms with van der Waals surface area (Å²) in [6.07, 6.45) is 1.16. The van der Waals surface area contributed by atoms with Gasteiger partial charge in [-0.1, -0.05) is 13.8 Å². The van der Waals surface area contributed by atoms with Gasteiger partial charge < -0.3 is 15.4 Å². The standard InChI is InChI=1S/C15H29N3O2/c1-14(2)11(10-12(14)20-5)17-13(19)15(3,4)18-8-6-16-7-9-18/h11-12,16H,6-10H2,1-5H3,(H,17,19). The summed E-state index contributed by atoms with van der Waals surface area (Å²) in [5, 5.41) is 6.55. The van der Waals surface area contributed by atoms with Gasteiger partial charge in [0, 0.05) is 44.7 Å². The Kier molecular flexibility index (Phi) is 4.42. The van der Waals surface area contributed by atoms with Crippen LogP contribution in [0.15, 0.2) is 0 Å². The van der Waals surface area contributed by atoms with Crippen molar-refractivity contribution in [3.05, 3.63) is 0 Å². The lowest BCUT2D eigenvalue weighted by molar-refractivity contribution is -0.142. The van der Waals surface area contributed by atoms with Gasteiger partial charge in [0.1, 0.15) is 0 Å². The molecule has 0 aromatic heterocycles. The van der Waals surface area contributed by atoms with Gasteiger partial charge in [-0.15, -0.1) is 0 Å². The molecule has 0 bridgehead atoms. The fraction of sp³-hybridized carbons (Fsp3) is 0.933. The smallest absolute Gasteiger partial charge is 0.240 e. The molecule has 5 nitrogen and oxygen atoms in total. The van der Waals surface area contributed by atoms with Crippen molar-refractivity contribution in [2.75, 3.05) is 33.3 Å². The van der Waals surface area contributed by atoms with Crippen molar-refractivity contribution in [3.63, 3.8) is 0 Å². The molecule has 2 unspecified atom stereocenters. The number of hydrogen-bond acceptors (Lipinski definition) is 4. The van der Waals surface area contributed by atoms with Crippen LogP contribution in [0, 0.1) is 5.41 Å². The van der Waals surface area contributed by atoms with Gasteiger partial charge in [0.15, 0.2) is 0 Å². The normalized spacial score (nSPS) is 30.6. The van der Waals surface area contributed by atoms with E-state index >= 15 is 0 Å². The first kappa shape index (κ1) is 15.7. The highest BCUT2D eigenvalue weighted by Gasteiger charge is 2.50. The zero-order valence-corrected chi connectivity index (χ0v) is 13.5. The molecular weight excluding hydrogens is 254 g/mol. The number of carbonyl (C=O) groups is 1. The summed E-state index contributed by atoms with van der Waals surface area (Å²) in [6, 6.07) is 0.210. The predicted octanol–water partition coefficient (Wildman–Crippen LogP) is 0.600. The molecule has 1 heterocycles. The Morgan fingerprint density at radius 3 is 2.45 bits per heavy atom. The summed E-state index contributed by atoms with van der Waals surface area (Å²) >= 11 is 0. The average molecular weight is 283 g/mol. The van der Waals surface area contributed by atoms with Crippen molar-refractivity contribution in [3.8, 4) is 0 Å². The Hall–Kier alpha value is -0.650. The van der Waals surface area contributed by atoms with Crippen LogP contribution >= 0.6 is 0 Å². The molecule has 1 aliphatic carbocycles. The van der Waals surface area contributed by atoms with E-state index in [4.69, 9.17) is 4.74 Å². The van der Waals surface area contributed by atoms with E-state index in [0.29, 0.717) is 0 Å². The van der Waals surface area contributed by atoms with Gasteiger partial charge >= 0.3 is 0 Å². The average Bonchev–Trinajstić information content (AvgIpc) is 2.43. The van der Waals surface area contributed by atoms with Crippen LogP contribution in [-0.2, 0) is 9.53 Å². The number of piperazine rings is 1. The van der Waals surface area contributed by atoms with Gasteiger partial charge in [0.2, 0.25) is 5.91 Å². The third-order valence-electron chi connectivity index (χ3n) is 5.23. The second-order valence-corrected chi connectivity index (χ2v) is 7.10. The Morgan fingerprint density at radius 1 is 1.35 bits per heavy atom. The highest BCUT2D eigenvalue weighted by molar-refractivity contribution is 5.85. The molecule has 0 radical (unpaired) electrons. The summed E-state index contributed by atoms with van der Waals surface area (Å²) in [4.78, 5) is 14.9. The number of ether oxygens (including phenoxy) is 1.